The Morgan fingerprint density at radius 2 is 2.32 bits per heavy atom. The van der Waals surface area contributed by atoms with E-state index in [0.717, 1.165) is 6.42 Å². The van der Waals surface area contributed by atoms with E-state index in [0.29, 0.717) is 32.5 Å². The fourth-order valence-corrected chi connectivity index (χ4v) is 2.98. The average molecular weight is 290 g/mol. The Kier molecular flexibility index (Phi) is 6.86. The van der Waals surface area contributed by atoms with Crippen LogP contribution in [0.15, 0.2) is 0 Å². The molecule has 1 heterocycles. The van der Waals surface area contributed by atoms with Crippen LogP contribution in [0.3, 0.4) is 0 Å². The molecule has 2 unspecified atom stereocenters. The second-order valence-electron chi connectivity index (χ2n) is 4.31. The summed E-state index contributed by atoms with van der Waals surface area (Å²) in [6.07, 6.45) is 0.874. The molecular weight excluding hydrogens is 269 g/mol. The SMILES string of the molecule is NCCCNC(=O)C(N)N[P+](=O)[C@H]1CCCNC1=O. The predicted molar refractivity (Wildman–Crippen MR) is 71.4 cm³/mol. The van der Waals surface area contributed by atoms with Gasteiger partial charge in [0.2, 0.25) is 0 Å². The molecule has 0 aromatic carbocycles. The van der Waals surface area contributed by atoms with E-state index in [2.05, 4.69) is 15.7 Å². The third-order valence-electron chi connectivity index (χ3n) is 2.77. The van der Waals surface area contributed by atoms with Crippen LogP contribution in [0.4, 0.5) is 0 Å². The number of nitrogens with one attached hydrogen (secondary N) is 3. The third kappa shape index (κ3) is 5.20. The standard InChI is InChI=1S/C10H20N5O3P/c11-4-2-6-14-10(17)8(12)15-19(18)7-3-1-5-13-9(7)16/h7-8H,1-6,11-12H2,(H2-,13,14,15,16,17,18)/p+1/t7-,8?/m0/s1. The Hall–Kier alpha value is -1.08. The molecule has 0 saturated carbocycles. The predicted octanol–water partition coefficient (Wildman–Crippen LogP) is -1.65. The first-order valence-electron chi connectivity index (χ1n) is 6.30. The smallest absolute Gasteiger partial charge is 0.353 e. The van der Waals surface area contributed by atoms with Crippen LogP contribution in [0.2, 0.25) is 0 Å². The highest BCUT2D eigenvalue weighted by Crippen LogP contribution is 2.29. The Bertz CT molecular complexity index is 352. The molecule has 3 atom stereocenters. The van der Waals surface area contributed by atoms with Crippen molar-refractivity contribution in [3.63, 3.8) is 0 Å². The Labute approximate surface area is 112 Å². The maximum atomic E-state index is 11.9. The van der Waals surface area contributed by atoms with Crippen molar-refractivity contribution in [2.24, 2.45) is 11.5 Å². The van der Waals surface area contributed by atoms with Crippen molar-refractivity contribution >= 4 is 19.8 Å². The van der Waals surface area contributed by atoms with Gasteiger partial charge in [0.25, 0.3) is 17.5 Å². The van der Waals surface area contributed by atoms with Crippen LogP contribution in [0.5, 0.6) is 0 Å². The van der Waals surface area contributed by atoms with Crippen LogP contribution in [0, 0.1) is 0 Å². The molecule has 9 heteroatoms. The normalized spacial score (nSPS) is 21.5. The summed E-state index contributed by atoms with van der Waals surface area (Å²) in [4.78, 5) is 23.1. The topological polar surface area (TPSA) is 139 Å². The number of hydrogen-bond acceptors (Lipinski definition) is 5. The van der Waals surface area contributed by atoms with Gasteiger partial charge < -0.3 is 22.1 Å². The molecule has 8 nitrogen and oxygen atoms in total. The highest BCUT2D eigenvalue weighted by Gasteiger charge is 2.41. The minimum atomic E-state index is -2.05. The van der Waals surface area contributed by atoms with Crippen molar-refractivity contribution in [3.8, 4) is 0 Å². The Morgan fingerprint density at radius 3 is 2.95 bits per heavy atom. The van der Waals surface area contributed by atoms with E-state index in [1.807, 2.05) is 0 Å². The first kappa shape index (κ1) is 16.0. The van der Waals surface area contributed by atoms with Crippen molar-refractivity contribution in [2.75, 3.05) is 19.6 Å². The summed E-state index contributed by atoms with van der Waals surface area (Å²) in [6, 6.07) is 0. The van der Waals surface area contributed by atoms with Gasteiger partial charge in [0, 0.05) is 19.5 Å². The van der Waals surface area contributed by atoms with Gasteiger partial charge in [-0.25, -0.2) is 0 Å². The van der Waals surface area contributed by atoms with Crippen LogP contribution in [0.1, 0.15) is 19.3 Å². The largest absolute Gasteiger partial charge is 0.447 e. The van der Waals surface area contributed by atoms with Crippen molar-refractivity contribution in [2.45, 2.75) is 31.1 Å². The average Bonchev–Trinajstić information content (AvgIpc) is 2.39. The molecule has 0 bridgehead atoms. The van der Waals surface area contributed by atoms with E-state index in [9.17, 15) is 14.2 Å². The maximum Gasteiger partial charge on any atom is 0.447 e. The lowest BCUT2D eigenvalue weighted by Gasteiger charge is -2.15. The summed E-state index contributed by atoms with van der Waals surface area (Å²) in [5.41, 5.74) is 10.3. The molecule has 1 aliphatic heterocycles. The lowest BCUT2D eigenvalue weighted by molar-refractivity contribution is -0.123. The molecule has 2 amide bonds. The van der Waals surface area contributed by atoms with E-state index in [-0.39, 0.29) is 5.91 Å². The van der Waals surface area contributed by atoms with Gasteiger partial charge in [-0.05, 0) is 24.0 Å². The zero-order valence-electron chi connectivity index (χ0n) is 10.7. The summed E-state index contributed by atoms with van der Waals surface area (Å²) >= 11 is 0. The second-order valence-corrected chi connectivity index (χ2v) is 5.85. The molecular formula is C10H21N5O3P+. The number of carbonyl (C=O) groups is 2. The quantitative estimate of drug-likeness (QED) is 0.216. The molecule has 7 N–H and O–H groups in total. The molecule has 0 aromatic heterocycles. The summed E-state index contributed by atoms with van der Waals surface area (Å²) in [5.74, 6) is -0.705. The summed E-state index contributed by atoms with van der Waals surface area (Å²) in [5, 5.41) is 7.70. The number of rotatable bonds is 7. The number of carbonyl (C=O) groups excluding carboxylic acids is 2. The lowest BCUT2D eigenvalue weighted by atomic mass is 10.1. The van der Waals surface area contributed by atoms with Crippen molar-refractivity contribution < 1.29 is 14.2 Å². The summed E-state index contributed by atoms with van der Waals surface area (Å²) in [6.45, 7) is 1.50. The van der Waals surface area contributed by atoms with Crippen LogP contribution in [-0.2, 0) is 14.2 Å². The van der Waals surface area contributed by atoms with Gasteiger partial charge in [-0.1, -0.05) is 5.09 Å². The van der Waals surface area contributed by atoms with Crippen LogP contribution in [0.25, 0.3) is 0 Å². The van der Waals surface area contributed by atoms with E-state index in [1.165, 1.54) is 0 Å². The maximum absolute atomic E-state index is 11.9. The lowest BCUT2D eigenvalue weighted by Crippen LogP contribution is -2.50. The highest BCUT2D eigenvalue weighted by atomic mass is 31.1. The van der Waals surface area contributed by atoms with Gasteiger partial charge in [0.15, 0.2) is 6.17 Å². The van der Waals surface area contributed by atoms with Gasteiger partial charge in [0.05, 0.1) is 0 Å². The van der Waals surface area contributed by atoms with Crippen LogP contribution in [-0.4, -0.2) is 43.3 Å². The molecule has 0 radical (unpaired) electrons. The van der Waals surface area contributed by atoms with Gasteiger partial charge in [-0.15, -0.1) is 0 Å². The second kappa shape index (κ2) is 8.16. The van der Waals surface area contributed by atoms with Crippen molar-refractivity contribution in [1.29, 1.82) is 0 Å². The van der Waals surface area contributed by atoms with E-state index in [1.54, 1.807) is 0 Å². The minimum absolute atomic E-state index is 0.254. The van der Waals surface area contributed by atoms with E-state index in [4.69, 9.17) is 11.5 Å². The molecule has 0 spiro atoms. The van der Waals surface area contributed by atoms with Crippen LogP contribution < -0.4 is 27.2 Å². The first-order chi connectivity index (χ1) is 9.06. The molecule has 1 saturated heterocycles. The number of nitrogens with two attached hydrogens (primary N) is 2. The van der Waals surface area contributed by atoms with Crippen molar-refractivity contribution in [3.05, 3.63) is 0 Å². The fourth-order valence-electron chi connectivity index (χ4n) is 1.69. The van der Waals surface area contributed by atoms with Gasteiger partial charge in [-0.2, -0.15) is 0 Å². The van der Waals surface area contributed by atoms with Crippen molar-refractivity contribution in [1.82, 2.24) is 15.7 Å². The van der Waals surface area contributed by atoms with Gasteiger partial charge in [0.1, 0.15) is 0 Å². The molecule has 0 aliphatic carbocycles. The number of piperidine rings is 1. The number of hydrogen-bond donors (Lipinski definition) is 5. The van der Waals surface area contributed by atoms with Crippen LogP contribution >= 0.6 is 7.95 Å². The zero-order chi connectivity index (χ0) is 14.3. The summed E-state index contributed by atoms with van der Waals surface area (Å²) < 4.78 is 11.9. The molecule has 1 fully saturated rings. The van der Waals surface area contributed by atoms with Gasteiger partial charge in [-0.3, -0.25) is 9.59 Å². The molecule has 1 aliphatic rings. The Morgan fingerprint density at radius 1 is 1.58 bits per heavy atom. The monoisotopic (exact) mass is 290 g/mol. The first-order valence-corrected chi connectivity index (χ1v) is 7.62. The Balaban J connectivity index is 2.38. The van der Waals surface area contributed by atoms with E-state index < -0.39 is 25.7 Å². The third-order valence-corrected chi connectivity index (χ3v) is 4.36. The molecule has 0 aromatic rings. The molecule has 1 rings (SSSR count). The molecule has 108 valence electrons. The zero-order valence-corrected chi connectivity index (χ0v) is 11.6. The highest BCUT2D eigenvalue weighted by molar-refractivity contribution is 7.44. The van der Waals surface area contributed by atoms with Gasteiger partial charge >= 0.3 is 7.95 Å². The fraction of sp³-hybridized carbons (Fsp3) is 0.800. The number of amides is 2. The van der Waals surface area contributed by atoms with E-state index >= 15 is 0 Å². The summed E-state index contributed by atoms with van der Waals surface area (Å²) in [7, 11) is -2.05. The minimum Gasteiger partial charge on any atom is -0.353 e. The molecule has 19 heavy (non-hydrogen) atoms.